The summed E-state index contributed by atoms with van der Waals surface area (Å²) in [6.07, 6.45) is 3.39. The molecule has 1 atom stereocenters. The summed E-state index contributed by atoms with van der Waals surface area (Å²) in [5.74, 6) is 0.296. The van der Waals surface area contributed by atoms with E-state index < -0.39 is 5.97 Å². The van der Waals surface area contributed by atoms with Crippen LogP contribution in [0.15, 0.2) is 22.8 Å². The number of aliphatic carboxylic acids is 1. The Balaban J connectivity index is 2.30. The fraction of sp³-hybridized carbons (Fsp3) is 0.600. The van der Waals surface area contributed by atoms with Gasteiger partial charge in [-0.3, -0.25) is 9.59 Å². The van der Waals surface area contributed by atoms with Crippen molar-refractivity contribution >= 4 is 11.9 Å². The van der Waals surface area contributed by atoms with E-state index in [0.29, 0.717) is 25.3 Å². The number of amides is 1. The summed E-state index contributed by atoms with van der Waals surface area (Å²) < 4.78 is 5.16. The Bertz CT molecular complexity index is 412. The minimum absolute atomic E-state index is 0.0138. The van der Waals surface area contributed by atoms with E-state index in [2.05, 4.69) is 5.32 Å². The Labute approximate surface area is 119 Å². The van der Waals surface area contributed by atoms with E-state index in [1.165, 1.54) is 0 Å². The molecular formula is C15H23NO4. The number of hydrogen-bond acceptors (Lipinski definition) is 3. The first-order valence-corrected chi connectivity index (χ1v) is 6.98. The van der Waals surface area contributed by atoms with Gasteiger partial charge in [0.15, 0.2) is 0 Å². The minimum atomic E-state index is -0.819. The third kappa shape index (κ3) is 6.97. The summed E-state index contributed by atoms with van der Waals surface area (Å²) in [7, 11) is 0. The quantitative estimate of drug-likeness (QED) is 0.728. The van der Waals surface area contributed by atoms with Crippen LogP contribution in [0.2, 0.25) is 0 Å². The first kappa shape index (κ1) is 16.3. The van der Waals surface area contributed by atoms with Gasteiger partial charge in [0.25, 0.3) is 0 Å². The maximum absolute atomic E-state index is 11.7. The summed E-state index contributed by atoms with van der Waals surface area (Å²) >= 11 is 0. The van der Waals surface area contributed by atoms with Gasteiger partial charge in [-0.2, -0.15) is 0 Å². The van der Waals surface area contributed by atoms with Gasteiger partial charge in [0, 0.05) is 25.8 Å². The highest BCUT2D eigenvalue weighted by molar-refractivity contribution is 5.76. The Kier molecular flexibility index (Phi) is 6.84. The lowest BCUT2D eigenvalue weighted by atomic mass is 9.94. The van der Waals surface area contributed by atoms with E-state index in [1.54, 1.807) is 12.3 Å². The fourth-order valence-corrected chi connectivity index (χ4v) is 2.19. The first-order chi connectivity index (χ1) is 9.47. The zero-order valence-electron chi connectivity index (χ0n) is 12.1. The van der Waals surface area contributed by atoms with Crippen LogP contribution in [0.25, 0.3) is 0 Å². The van der Waals surface area contributed by atoms with Crippen molar-refractivity contribution in [1.29, 1.82) is 0 Å². The average Bonchev–Trinajstić information content (AvgIpc) is 2.85. The number of carbonyl (C=O) groups excluding carboxylic acids is 1. The van der Waals surface area contributed by atoms with Crippen molar-refractivity contribution in [2.24, 2.45) is 11.8 Å². The van der Waals surface area contributed by atoms with Crippen LogP contribution >= 0.6 is 0 Å². The van der Waals surface area contributed by atoms with E-state index in [9.17, 15) is 9.59 Å². The van der Waals surface area contributed by atoms with E-state index in [0.717, 1.165) is 12.2 Å². The number of carboxylic acids is 1. The van der Waals surface area contributed by atoms with Crippen LogP contribution < -0.4 is 5.32 Å². The number of furan rings is 1. The van der Waals surface area contributed by atoms with Crippen molar-refractivity contribution in [3.63, 3.8) is 0 Å². The van der Waals surface area contributed by atoms with Gasteiger partial charge >= 0.3 is 5.97 Å². The molecule has 0 bridgehead atoms. The lowest BCUT2D eigenvalue weighted by Gasteiger charge is -2.17. The predicted molar refractivity (Wildman–Crippen MR) is 75.2 cm³/mol. The average molecular weight is 281 g/mol. The third-order valence-electron chi connectivity index (χ3n) is 3.03. The molecule has 5 heteroatoms. The predicted octanol–water partition coefficient (Wildman–Crippen LogP) is 2.47. The van der Waals surface area contributed by atoms with Crippen molar-refractivity contribution in [3.05, 3.63) is 24.2 Å². The van der Waals surface area contributed by atoms with E-state index in [1.807, 2.05) is 19.9 Å². The molecule has 1 aromatic heterocycles. The van der Waals surface area contributed by atoms with Crippen LogP contribution in [0.5, 0.6) is 0 Å². The molecule has 0 saturated carbocycles. The minimum Gasteiger partial charge on any atom is -0.481 e. The largest absolute Gasteiger partial charge is 0.481 e. The molecule has 20 heavy (non-hydrogen) atoms. The molecule has 1 heterocycles. The molecule has 0 radical (unpaired) electrons. The molecular weight excluding hydrogens is 258 g/mol. The van der Waals surface area contributed by atoms with Crippen LogP contribution in [0.3, 0.4) is 0 Å². The third-order valence-corrected chi connectivity index (χ3v) is 3.03. The number of nitrogens with one attached hydrogen (secondary N) is 1. The normalized spacial score (nSPS) is 12.3. The molecule has 0 saturated heterocycles. The molecule has 1 aromatic rings. The molecule has 1 rings (SSSR count). The highest BCUT2D eigenvalue weighted by Crippen LogP contribution is 2.14. The van der Waals surface area contributed by atoms with Crippen molar-refractivity contribution < 1.29 is 19.1 Å². The van der Waals surface area contributed by atoms with E-state index >= 15 is 0 Å². The summed E-state index contributed by atoms with van der Waals surface area (Å²) in [6, 6.07) is 3.62. The lowest BCUT2D eigenvalue weighted by molar-refractivity contribution is -0.138. The number of carboxylic acid groups (broad SMARTS) is 1. The highest BCUT2D eigenvalue weighted by Gasteiger charge is 2.16. The molecule has 5 nitrogen and oxygen atoms in total. The topological polar surface area (TPSA) is 79.5 Å². The zero-order chi connectivity index (χ0) is 15.0. The van der Waals surface area contributed by atoms with E-state index in [4.69, 9.17) is 9.52 Å². The van der Waals surface area contributed by atoms with Gasteiger partial charge in [-0.25, -0.2) is 0 Å². The summed E-state index contributed by atoms with van der Waals surface area (Å²) in [6.45, 7) is 4.52. The molecule has 0 aliphatic carbocycles. The van der Waals surface area contributed by atoms with Crippen molar-refractivity contribution in [2.45, 2.75) is 39.5 Å². The van der Waals surface area contributed by atoms with Gasteiger partial charge in [0.05, 0.1) is 6.26 Å². The van der Waals surface area contributed by atoms with Crippen molar-refractivity contribution in [3.8, 4) is 0 Å². The molecule has 0 unspecified atom stereocenters. The van der Waals surface area contributed by atoms with Gasteiger partial charge in [0.1, 0.15) is 5.76 Å². The molecule has 112 valence electrons. The smallest absolute Gasteiger partial charge is 0.303 e. The summed E-state index contributed by atoms with van der Waals surface area (Å²) in [5, 5.41) is 11.7. The Morgan fingerprint density at radius 3 is 2.70 bits per heavy atom. The molecule has 0 spiro atoms. The second-order valence-electron chi connectivity index (χ2n) is 5.48. The molecule has 2 N–H and O–H groups in total. The first-order valence-electron chi connectivity index (χ1n) is 6.98. The molecule has 1 amide bonds. The number of aryl methyl sites for hydroxylation is 1. The van der Waals surface area contributed by atoms with Crippen LogP contribution in [-0.4, -0.2) is 23.5 Å². The monoisotopic (exact) mass is 281 g/mol. The molecule has 0 aliphatic heterocycles. The SMILES string of the molecule is CC(C)C[C@H](CNC(=O)CCc1ccco1)CC(=O)O. The van der Waals surface area contributed by atoms with Crippen LogP contribution in [-0.2, 0) is 16.0 Å². The Morgan fingerprint density at radius 1 is 1.40 bits per heavy atom. The van der Waals surface area contributed by atoms with Gasteiger partial charge in [-0.15, -0.1) is 0 Å². The molecule has 0 fully saturated rings. The Morgan fingerprint density at radius 2 is 2.15 bits per heavy atom. The molecule has 0 aromatic carbocycles. The maximum Gasteiger partial charge on any atom is 0.303 e. The van der Waals surface area contributed by atoms with Crippen molar-refractivity contribution in [1.82, 2.24) is 5.32 Å². The summed E-state index contributed by atoms with van der Waals surface area (Å²) in [4.78, 5) is 22.5. The lowest BCUT2D eigenvalue weighted by Crippen LogP contribution is -2.31. The number of hydrogen-bond donors (Lipinski definition) is 2. The van der Waals surface area contributed by atoms with Crippen LogP contribution in [0.4, 0.5) is 0 Å². The van der Waals surface area contributed by atoms with Gasteiger partial charge in [-0.05, 0) is 30.4 Å². The Hall–Kier alpha value is -1.78. The van der Waals surface area contributed by atoms with Crippen LogP contribution in [0.1, 0.15) is 38.9 Å². The maximum atomic E-state index is 11.7. The van der Waals surface area contributed by atoms with Gasteiger partial charge < -0.3 is 14.8 Å². The van der Waals surface area contributed by atoms with Gasteiger partial charge in [0.2, 0.25) is 5.91 Å². The van der Waals surface area contributed by atoms with E-state index in [-0.39, 0.29) is 18.2 Å². The van der Waals surface area contributed by atoms with Crippen molar-refractivity contribution in [2.75, 3.05) is 6.54 Å². The van der Waals surface area contributed by atoms with Gasteiger partial charge in [-0.1, -0.05) is 13.8 Å². The number of rotatable bonds is 9. The fourth-order valence-electron chi connectivity index (χ4n) is 2.19. The highest BCUT2D eigenvalue weighted by atomic mass is 16.4. The second kappa shape index (κ2) is 8.40. The standard InChI is InChI=1S/C15H23NO4/c1-11(2)8-12(9-15(18)19)10-16-14(17)6-5-13-4-3-7-20-13/h3-4,7,11-12H,5-6,8-10H2,1-2H3,(H,16,17)(H,18,19)/t12-/m0/s1. The zero-order valence-corrected chi connectivity index (χ0v) is 12.1. The summed E-state index contributed by atoms with van der Waals surface area (Å²) in [5.41, 5.74) is 0. The second-order valence-corrected chi connectivity index (χ2v) is 5.48. The molecule has 0 aliphatic rings. The van der Waals surface area contributed by atoms with Crippen LogP contribution in [0, 0.1) is 11.8 Å². The number of carbonyl (C=O) groups is 2.